The Morgan fingerprint density at radius 2 is 1.16 bits per heavy atom. The van der Waals surface area contributed by atoms with Crippen molar-refractivity contribution in [2.24, 2.45) is 0 Å². The fraction of sp³-hybridized carbons (Fsp3) is 0.194. The maximum Gasteiger partial charge on any atom is 0.264 e. The Balaban J connectivity index is 1.18. The van der Waals surface area contributed by atoms with E-state index in [1.165, 1.54) is 138 Å². The second kappa shape index (κ2) is 13.4. The Labute approximate surface area is 397 Å². The standard InChI is InChI=1S/C62H52BN3S/c1-60(2,3)39-25-30-53-46(35-39)58-59(67-53)63-49-23-16-22-43-45-28-27-44-42-21-14-15-24-50(42)64(40-19-12-9-13-20-40)56(44)57(45)66(55(43)49)52-34-38(37-17-10-8-11-18-37)33-51(54(52)63)65(58)41-26-29-47-48(36-41)62(6,7)32-31-61(47,4)5/h8-30,33-36H,31-32H2,1-7H3. The van der Waals surface area contributed by atoms with E-state index in [0.717, 1.165) is 0 Å². The SMILES string of the molecule is CC(C)(C)c1ccc2sc3c(c2c1)N(c1ccc2c(c1)C(C)(C)CCC2(C)C)c1cc(-c2ccccc2)cc2c1B3c1cccc3c4ccc5c6ccccc6n(-c6ccccc6)c5c4n-2c13. The third-order valence-electron chi connectivity index (χ3n) is 16.1. The van der Waals surface area contributed by atoms with Gasteiger partial charge in [0.15, 0.2) is 0 Å². The van der Waals surface area contributed by atoms with Gasteiger partial charge in [0.1, 0.15) is 0 Å². The van der Waals surface area contributed by atoms with Crippen LogP contribution in [0.1, 0.15) is 78.0 Å². The predicted octanol–water partition coefficient (Wildman–Crippen LogP) is 15.0. The number of fused-ring (bicyclic) bond motifs is 14. The van der Waals surface area contributed by atoms with Gasteiger partial charge >= 0.3 is 0 Å². The van der Waals surface area contributed by atoms with E-state index in [-0.39, 0.29) is 23.0 Å². The first-order valence-corrected chi connectivity index (χ1v) is 25.0. The second-order valence-electron chi connectivity index (χ2n) is 22.0. The van der Waals surface area contributed by atoms with E-state index in [9.17, 15) is 0 Å². The van der Waals surface area contributed by atoms with Crippen molar-refractivity contribution in [3.05, 3.63) is 180 Å². The summed E-state index contributed by atoms with van der Waals surface area (Å²) in [6, 6.07) is 62.8. The van der Waals surface area contributed by atoms with Crippen LogP contribution in [-0.4, -0.2) is 15.8 Å². The van der Waals surface area contributed by atoms with E-state index in [2.05, 4.69) is 226 Å². The minimum Gasteiger partial charge on any atom is -0.310 e. The van der Waals surface area contributed by atoms with Crippen LogP contribution in [-0.2, 0) is 16.2 Å². The summed E-state index contributed by atoms with van der Waals surface area (Å²) in [5.41, 5.74) is 21.0. The molecule has 5 heterocycles. The van der Waals surface area contributed by atoms with Gasteiger partial charge < -0.3 is 14.0 Å². The summed E-state index contributed by atoms with van der Waals surface area (Å²) < 4.78 is 7.98. The lowest BCUT2D eigenvalue weighted by Crippen LogP contribution is -2.59. The summed E-state index contributed by atoms with van der Waals surface area (Å²) in [6.45, 7) is 16.9. The molecule has 14 rings (SSSR count). The molecule has 3 nitrogen and oxygen atoms in total. The molecule has 0 fully saturated rings. The number of anilines is 3. The molecule has 0 saturated heterocycles. The van der Waals surface area contributed by atoms with Gasteiger partial charge in [0.2, 0.25) is 0 Å². The van der Waals surface area contributed by atoms with E-state index < -0.39 is 0 Å². The van der Waals surface area contributed by atoms with Gasteiger partial charge in [-0.1, -0.05) is 158 Å². The Morgan fingerprint density at radius 1 is 0.507 bits per heavy atom. The Kier molecular flexibility index (Phi) is 7.88. The number of benzene rings is 8. The van der Waals surface area contributed by atoms with Gasteiger partial charge in [-0.15, -0.1) is 11.3 Å². The van der Waals surface area contributed by atoms with Crippen LogP contribution >= 0.6 is 11.3 Å². The van der Waals surface area contributed by atoms with Crippen LogP contribution in [0.15, 0.2) is 164 Å². The van der Waals surface area contributed by atoms with Crippen molar-refractivity contribution in [2.45, 2.75) is 77.6 Å². The molecule has 8 aromatic carbocycles. The fourth-order valence-corrected chi connectivity index (χ4v) is 13.9. The van der Waals surface area contributed by atoms with Gasteiger partial charge in [-0.05, 0) is 122 Å². The van der Waals surface area contributed by atoms with Crippen LogP contribution in [0, 0.1) is 0 Å². The second-order valence-corrected chi connectivity index (χ2v) is 23.0. The normalized spacial score (nSPS) is 15.7. The Morgan fingerprint density at radius 3 is 1.94 bits per heavy atom. The van der Waals surface area contributed by atoms with Crippen LogP contribution in [0.4, 0.5) is 17.1 Å². The van der Waals surface area contributed by atoms with Crippen molar-refractivity contribution >= 4 is 105 Å². The minimum absolute atomic E-state index is 0.000406. The molecule has 5 heteroatoms. The molecule has 1 aliphatic carbocycles. The lowest BCUT2D eigenvalue weighted by atomic mass is 9.36. The molecule has 0 spiro atoms. The summed E-state index contributed by atoms with van der Waals surface area (Å²) in [5, 5.41) is 6.46. The molecule has 0 radical (unpaired) electrons. The number of para-hydroxylation sites is 3. The monoisotopic (exact) mass is 881 g/mol. The third-order valence-corrected chi connectivity index (χ3v) is 17.3. The number of hydrogen-bond acceptors (Lipinski definition) is 2. The van der Waals surface area contributed by atoms with Crippen LogP contribution in [0.3, 0.4) is 0 Å². The molecule has 2 aliphatic heterocycles. The zero-order chi connectivity index (χ0) is 45.3. The average Bonchev–Trinajstić information content (AvgIpc) is 4.00. The lowest BCUT2D eigenvalue weighted by molar-refractivity contribution is 0.332. The highest BCUT2D eigenvalue weighted by molar-refractivity contribution is 7.33. The molecule has 0 amide bonds. The largest absolute Gasteiger partial charge is 0.310 e. The van der Waals surface area contributed by atoms with Crippen molar-refractivity contribution in [1.29, 1.82) is 0 Å². The highest BCUT2D eigenvalue weighted by atomic mass is 32.1. The molecule has 0 N–H and O–H groups in total. The number of thiophene rings is 1. The van der Waals surface area contributed by atoms with Crippen molar-refractivity contribution < 1.29 is 0 Å². The fourth-order valence-electron chi connectivity index (χ4n) is 12.6. The molecular weight excluding hydrogens is 830 g/mol. The van der Waals surface area contributed by atoms with Gasteiger partial charge in [0, 0.05) is 64.7 Å². The molecule has 0 atom stereocenters. The van der Waals surface area contributed by atoms with Crippen LogP contribution in [0.2, 0.25) is 0 Å². The Hall–Kier alpha value is -6.82. The Bertz CT molecular complexity index is 3910. The van der Waals surface area contributed by atoms with Gasteiger partial charge in [-0.25, -0.2) is 0 Å². The highest BCUT2D eigenvalue weighted by Crippen LogP contribution is 2.52. The maximum atomic E-state index is 2.70. The average molecular weight is 882 g/mol. The van der Waals surface area contributed by atoms with E-state index in [0.29, 0.717) is 0 Å². The molecular formula is C62H52BN3S. The first kappa shape index (κ1) is 39.4. The van der Waals surface area contributed by atoms with Crippen LogP contribution < -0.4 is 20.6 Å². The van der Waals surface area contributed by atoms with Crippen molar-refractivity contribution in [3.8, 4) is 22.5 Å². The summed E-state index contributed by atoms with van der Waals surface area (Å²) in [7, 11) is 0. The molecule has 3 aliphatic rings. The summed E-state index contributed by atoms with van der Waals surface area (Å²) in [4.78, 5) is 2.70. The first-order valence-electron chi connectivity index (χ1n) is 24.2. The maximum absolute atomic E-state index is 2.70. The van der Waals surface area contributed by atoms with Gasteiger partial charge in [0.25, 0.3) is 6.71 Å². The summed E-state index contributed by atoms with van der Waals surface area (Å²) >= 11 is 2.00. The van der Waals surface area contributed by atoms with E-state index in [4.69, 9.17) is 0 Å². The molecule has 0 bridgehead atoms. The third kappa shape index (κ3) is 5.35. The van der Waals surface area contributed by atoms with Gasteiger partial charge in [-0.3, -0.25) is 0 Å². The van der Waals surface area contributed by atoms with E-state index in [1.807, 2.05) is 11.3 Å². The minimum atomic E-state index is 0.000406. The summed E-state index contributed by atoms with van der Waals surface area (Å²) in [5.74, 6) is 0. The number of rotatable bonds is 3. The molecule has 67 heavy (non-hydrogen) atoms. The van der Waals surface area contributed by atoms with Crippen molar-refractivity contribution in [1.82, 2.24) is 9.13 Å². The number of nitrogens with zero attached hydrogens (tertiary/aromatic N) is 3. The first-order chi connectivity index (χ1) is 32.4. The predicted molar refractivity (Wildman–Crippen MR) is 289 cm³/mol. The van der Waals surface area contributed by atoms with Crippen LogP contribution in [0.25, 0.3) is 76.2 Å². The zero-order valence-electron chi connectivity index (χ0n) is 39.3. The molecule has 324 valence electrons. The van der Waals surface area contributed by atoms with E-state index >= 15 is 0 Å². The van der Waals surface area contributed by atoms with Crippen molar-refractivity contribution in [3.63, 3.8) is 0 Å². The van der Waals surface area contributed by atoms with Gasteiger partial charge in [0.05, 0.1) is 22.2 Å². The quantitative estimate of drug-likeness (QED) is 0.161. The molecule has 0 unspecified atom stereocenters. The van der Waals surface area contributed by atoms with Gasteiger partial charge in [-0.2, -0.15) is 0 Å². The number of aromatic nitrogens is 2. The van der Waals surface area contributed by atoms with E-state index in [1.54, 1.807) is 0 Å². The molecule has 0 saturated carbocycles. The smallest absolute Gasteiger partial charge is 0.264 e. The van der Waals surface area contributed by atoms with Crippen molar-refractivity contribution in [2.75, 3.05) is 4.90 Å². The highest BCUT2D eigenvalue weighted by Gasteiger charge is 2.46. The lowest BCUT2D eigenvalue weighted by Gasteiger charge is -2.43. The number of hydrogen-bond donors (Lipinski definition) is 0. The zero-order valence-corrected chi connectivity index (χ0v) is 40.1. The molecule has 11 aromatic rings. The topological polar surface area (TPSA) is 13.1 Å². The molecule has 3 aromatic heterocycles. The summed E-state index contributed by atoms with van der Waals surface area (Å²) in [6.07, 6.45) is 2.36. The van der Waals surface area contributed by atoms with Crippen LogP contribution in [0.5, 0.6) is 0 Å².